The van der Waals surface area contributed by atoms with E-state index >= 15 is 0 Å². The molecule has 0 fully saturated rings. The topological polar surface area (TPSA) is 26.0 Å². The molecule has 72 valence electrons. The number of hydrogen-bond acceptors (Lipinski definition) is 2. The summed E-state index contributed by atoms with van der Waals surface area (Å²) in [6.07, 6.45) is 1.59. The summed E-state index contributed by atoms with van der Waals surface area (Å²) in [7, 11) is 0. The van der Waals surface area contributed by atoms with Gasteiger partial charge in [0.25, 0.3) is 3.90 Å². The minimum absolute atomic E-state index is 0.608. The van der Waals surface area contributed by atoms with Gasteiger partial charge in [0, 0.05) is 32.6 Å². The van der Waals surface area contributed by atoms with Gasteiger partial charge in [0.05, 0.1) is 5.02 Å². The smallest absolute Gasteiger partial charge is 0.257 e. The van der Waals surface area contributed by atoms with E-state index < -0.39 is 0 Å². The van der Waals surface area contributed by atoms with E-state index in [4.69, 9.17) is 16.0 Å². The molecule has 1 aromatic heterocycles. The molecule has 2 nitrogen and oxygen atoms in total. The van der Waals surface area contributed by atoms with Crippen molar-refractivity contribution >= 4 is 50.1 Å². The monoisotopic (exact) mass is 383 g/mol. The normalized spacial score (nSPS) is 10.5. The van der Waals surface area contributed by atoms with Gasteiger partial charge in [0.1, 0.15) is 12.0 Å². The molecule has 0 radical (unpaired) electrons. The highest BCUT2D eigenvalue weighted by molar-refractivity contribution is 14.1. The van der Waals surface area contributed by atoms with Gasteiger partial charge < -0.3 is 4.42 Å². The van der Waals surface area contributed by atoms with Gasteiger partial charge in [0.15, 0.2) is 0 Å². The van der Waals surface area contributed by atoms with Crippen molar-refractivity contribution < 1.29 is 4.42 Å². The van der Waals surface area contributed by atoms with E-state index in [-0.39, 0.29) is 0 Å². The van der Waals surface area contributed by atoms with Crippen molar-refractivity contribution in [2.45, 2.75) is 0 Å². The van der Waals surface area contributed by atoms with E-state index in [1.165, 1.54) is 0 Å². The maximum absolute atomic E-state index is 6.06. The quantitative estimate of drug-likeness (QED) is 0.683. The van der Waals surface area contributed by atoms with Crippen LogP contribution in [0.3, 0.4) is 0 Å². The molecule has 14 heavy (non-hydrogen) atoms. The molecule has 2 aromatic rings. The first-order valence-electron chi connectivity index (χ1n) is 3.73. The summed E-state index contributed by atoms with van der Waals surface area (Å²) in [6.45, 7) is 0. The Kier molecular flexibility index (Phi) is 3.14. The highest BCUT2D eigenvalue weighted by atomic mass is 127. The number of aromatic nitrogens is 1. The van der Waals surface area contributed by atoms with Crippen molar-refractivity contribution in [3.05, 3.63) is 37.9 Å². The van der Waals surface area contributed by atoms with Crippen LogP contribution in [0.5, 0.6) is 0 Å². The summed E-state index contributed by atoms with van der Waals surface area (Å²) in [5.74, 6) is 0. The second-order valence-electron chi connectivity index (χ2n) is 2.61. The molecule has 1 heterocycles. The number of halogens is 3. The van der Waals surface area contributed by atoms with Crippen LogP contribution in [0, 0.1) is 3.90 Å². The highest BCUT2D eigenvalue weighted by Gasteiger charge is 2.08. The molecule has 0 atom stereocenters. The molecule has 0 aliphatic carbocycles. The fraction of sp³-hybridized carbons (Fsp3) is 0. The largest absolute Gasteiger partial charge is 0.440 e. The lowest BCUT2D eigenvalue weighted by Gasteiger charge is -1.99. The molecule has 2 rings (SSSR count). The average Bonchev–Trinajstić information content (AvgIpc) is 2.51. The molecule has 0 amide bonds. The van der Waals surface area contributed by atoms with Crippen molar-refractivity contribution in [2.24, 2.45) is 0 Å². The number of oxazole rings is 1. The van der Waals surface area contributed by atoms with Crippen LogP contribution in [-0.4, -0.2) is 4.98 Å². The van der Waals surface area contributed by atoms with Crippen LogP contribution in [0.2, 0.25) is 5.02 Å². The first kappa shape index (κ1) is 10.4. The molecule has 0 unspecified atom stereocenters. The molecule has 5 heteroatoms. The van der Waals surface area contributed by atoms with E-state index in [1.54, 1.807) is 6.26 Å². The zero-order valence-electron chi connectivity index (χ0n) is 6.80. The van der Waals surface area contributed by atoms with Gasteiger partial charge in [-0.25, -0.2) is 4.98 Å². The Bertz CT molecular complexity index is 472. The SMILES string of the molecule is Clc1cc(Br)ccc1-c1coc(I)n1. The van der Waals surface area contributed by atoms with E-state index in [0.717, 1.165) is 15.7 Å². The lowest BCUT2D eigenvalue weighted by molar-refractivity contribution is 0.525. The van der Waals surface area contributed by atoms with Crippen molar-refractivity contribution in [3.63, 3.8) is 0 Å². The summed E-state index contributed by atoms with van der Waals surface area (Å²) in [6, 6.07) is 5.65. The van der Waals surface area contributed by atoms with Crippen LogP contribution in [0.4, 0.5) is 0 Å². The molecule has 0 N–H and O–H groups in total. The number of hydrogen-bond donors (Lipinski definition) is 0. The third-order valence-corrected chi connectivity index (χ3v) is 2.98. The third-order valence-electron chi connectivity index (χ3n) is 1.68. The number of nitrogens with zero attached hydrogens (tertiary/aromatic N) is 1. The molecule has 0 aliphatic rings. The van der Waals surface area contributed by atoms with Crippen molar-refractivity contribution in [3.8, 4) is 11.3 Å². The van der Waals surface area contributed by atoms with Crippen LogP contribution >= 0.6 is 50.1 Å². The summed E-state index contributed by atoms with van der Waals surface area (Å²) >= 11 is 11.4. The second-order valence-corrected chi connectivity index (χ2v) is 4.86. The number of benzene rings is 1. The van der Waals surface area contributed by atoms with E-state index in [0.29, 0.717) is 8.92 Å². The van der Waals surface area contributed by atoms with Crippen LogP contribution in [0.1, 0.15) is 0 Å². The zero-order valence-corrected chi connectivity index (χ0v) is 11.3. The highest BCUT2D eigenvalue weighted by Crippen LogP contribution is 2.29. The maximum Gasteiger partial charge on any atom is 0.257 e. The van der Waals surface area contributed by atoms with Gasteiger partial charge in [-0.15, -0.1) is 0 Å². The standard InChI is InChI=1S/C9H4BrClINO/c10-5-1-2-6(7(11)3-5)8-4-14-9(12)13-8/h1-4H. The second kappa shape index (κ2) is 4.20. The van der Waals surface area contributed by atoms with Crippen molar-refractivity contribution in [1.82, 2.24) is 4.98 Å². The number of rotatable bonds is 1. The molecule has 0 aliphatic heterocycles. The maximum atomic E-state index is 6.06. The minimum atomic E-state index is 0.608. The van der Waals surface area contributed by atoms with Crippen LogP contribution in [0.25, 0.3) is 11.3 Å². The van der Waals surface area contributed by atoms with Gasteiger partial charge >= 0.3 is 0 Å². The molecule has 1 aromatic carbocycles. The minimum Gasteiger partial charge on any atom is -0.440 e. The van der Waals surface area contributed by atoms with Gasteiger partial charge in [0.2, 0.25) is 0 Å². The molecule has 0 saturated heterocycles. The fourth-order valence-corrected chi connectivity index (χ4v) is 2.23. The van der Waals surface area contributed by atoms with Crippen LogP contribution in [0.15, 0.2) is 33.4 Å². The van der Waals surface area contributed by atoms with Gasteiger partial charge in [-0.2, -0.15) is 0 Å². The Labute approximate surface area is 108 Å². The first-order valence-corrected chi connectivity index (χ1v) is 5.98. The Morgan fingerprint density at radius 2 is 2.21 bits per heavy atom. The third kappa shape index (κ3) is 2.12. The first-order chi connectivity index (χ1) is 6.66. The van der Waals surface area contributed by atoms with Crippen LogP contribution in [-0.2, 0) is 0 Å². The van der Waals surface area contributed by atoms with Crippen molar-refractivity contribution in [1.29, 1.82) is 0 Å². The summed E-state index contributed by atoms with van der Waals surface area (Å²) < 4.78 is 6.67. The Balaban J connectivity index is 2.52. The average molecular weight is 384 g/mol. The van der Waals surface area contributed by atoms with Gasteiger partial charge in [-0.05, 0) is 12.1 Å². The van der Waals surface area contributed by atoms with Gasteiger partial charge in [-0.1, -0.05) is 33.6 Å². The lowest BCUT2D eigenvalue weighted by atomic mass is 10.2. The molecular weight excluding hydrogens is 380 g/mol. The Morgan fingerprint density at radius 3 is 2.79 bits per heavy atom. The summed E-state index contributed by atoms with van der Waals surface area (Å²) in [5.41, 5.74) is 1.63. The predicted octanol–water partition coefficient (Wildman–Crippen LogP) is 4.36. The molecule has 0 saturated carbocycles. The fourth-order valence-electron chi connectivity index (χ4n) is 1.07. The summed E-state index contributed by atoms with van der Waals surface area (Å²) in [4.78, 5) is 4.19. The van der Waals surface area contributed by atoms with Crippen molar-refractivity contribution in [2.75, 3.05) is 0 Å². The van der Waals surface area contributed by atoms with Gasteiger partial charge in [-0.3, -0.25) is 0 Å². The molecular formula is C9H4BrClINO. The Hall–Kier alpha value is -0.0700. The van der Waals surface area contributed by atoms with E-state index in [9.17, 15) is 0 Å². The Morgan fingerprint density at radius 1 is 1.43 bits per heavy atom. The van der Waals surface area contributed by atoms with E-state index in [1.807, 2.05) is 40.8 Å². The van der Waals surface area contributed by atoms with Crippen LogP contribution < -0.4 is 0 Å². The van der Waals surface area contributed by atoms with E-state index in [2.05, 4.69) is 20.9 Å². The lowest BCUT2D eigenvalue weighted by Crippen LogP contribution is -1.79. The molecule has 0 bridgehead atoms. The molecule has 0 spiro atoms. The predicted molar refractivity (Wildman–Crippen MR) is 67.4 cm³/mol. The zero-order chi connectivity index (χ0) is 10.1. The summed E-state index contributed by atoms with van der Waals surface area (Å²) in [5, 5.41) is 0.657.